The van der Waals surface area contributed by atoms with Crippen LogP contribution in [0.15, 0.2) is 0 Å². The minimum absolute atomic E-state index is 0.109. The maximum Gasteiger partial charge on any atom is 0.0705 e. The van der Waals surface area contributed by atoms with Crippen molar-refractivity contribution in [2.75, 3.05) is 13.2 Å². The van der Waals surface area contributed by atoms with E-state index < -0.39 is 0 Å². The fourth-order valence-corrected chi connectivity index (χ4v) is 1.44. The van der Waals surface area contributed by atoms with Gasteiger partial charge in [0.2, 0.25) is 0 Å². The first-order chi connectivity index (χ1) is 5.90. The average molecular weight is 188 g/mol. The molecule has 0 fully saturated rings. The van der Waals surface area contributed by atoms with Crippen molar-refractivity contribution in [3.8, 4) is 0 Å². The first kappa shape index (κ1) is 12.9. The molecule has 0 aromatic rings. The number of ether oxygens (including phenoxy) is 1. The largest absolute Gasteiger partial charge is 0.394 e. The summed E-state index contributed by atoms with van der Waals surface area (Å²) in [6.07, 6.45) is 1.17. The second kappa shape index (κ2) is 5.61. The number of rotatable bonds is 6. The van der Waals surface area contributed by atoms with Crippen LogP contribution in [0.2, 0.25) is 0 Å². The summed E-state index contributed by atoms with van der Waals surface area (Å²) in [6.45, 7) is 11.4. The normalized spacial score (nSPS) is 15.0. The molecule has 0 aliphatic rings. The quantitative estimate of drug-likeness (QED) is 0.694. The van der Waals surface area contributed by atoms with Crippen LogP contribution in [0.5, 0.6) is 0 Å². The van der Waals surface area contributed by atoms with Crippen molar-refractivity contribution >= 4 is 0 Å². The van der Waals surface area contributed by atoms with E-state index in [0.29, 0.717) is 18.4 Å². The van der Waals surface area contributed by atoms with Gasteiger partial charge in [0.15, 0.2) is 0 Å². The smallest absolute Gasteiger partial charge is 0.0705 e. The van der Waals surface area contributed by atoms with Gasteiger partial charge in [-0.1, -0.05) is 20.8 Å². The highest BCUT2D eigenvalue weighted by Crippen LogP contribution is 2.26. The molecule has 2 heteroatoms. The highest BCUT2D eigenvalue weighted by molar-refractivity contribution is 4.76. The molecule has 0 radical (unpaired) electrons. The number of hydrogen-bond donors (Lipinski definition) is 1. The number of hydrogen-bond acceptors (Lipinski definition) is 2. The number of aliphatic hydroxyl groups excluding tert-OH is 1. The van der Waals surface area contributed by atoms with E-state index in [2.05, 4.69) is 34.6 Å². The van der Waals surface area contributed by atoms with Gasteiger partial charge in [-0.3, -0.25) is 0 Å². The Morgan fingerprint density at radius 1 is 1.23 bits per heavy atom. The highest BCUT2D eigenvalue weighted by atomic mass is 16.5. The van der Waals surface area contributed by atoms with Gasteiger partial charge in [0.05, 0.1) is 18.8 Å². The van der Waals surface area contributed by atoms with Crippen LogP contribution in [0.1, 0.15) is 41.0 Å². The first-order valence-corrected chi connectivity index (χ1v) is 5.15. The molecule has 0 aliphatic carbocycles. The minimum atomic E-state index is -0.118. The van der Waals surface area contributed by atoms with E-state index in [9.17, 15) is 0 Å². The summed E-state index contributed by atoms with van der Waals surface area (Å²) in [5.74, 6) is 1.23. The number of aliphatic hydroxyl groups is 1. The Morgan fingerprint density at radius 3 is 2.15 bits per heavy atom. The molecule has 0 saturated heterocycles. The molecule has 1 unspecified atom stereocenters. The molecular weight excluding hydrogens is 164 g/mol. The van der Waals surface area contributed by atoms with Gasteiger partial charge in [-0.15, -0.1) is 0 Å². The highest BCUT2D eigenvalue weighted by Gasteiger charge is 2.26. The van der Waals surface area contributed by atoms with Crippen LogP contribution < -0.4 is 0 Å². The van der Waals surface area contributed by atoms with E-state index in [1.54, 1.807) is 0 Å². The lowest BCUT2D eigenvalue weighted by Crippen LogP contribution is -2.34. The molecule has 0 aromatic heterocycles. The second-order valence-corrected chi connectivity index (χ2v) is 4.71. The summed E-state index contributed by atoms with van der Waals surface area (Å²) in [4.78, 5) is 0. The van der Waals surface area contributed by atoms with Crippen LogP contribution in [0.25, 0.3) is 0 Å². The van der Waals surface area contributed by atoms with Gasteiger partial charge in [0.1, 0.15) is 0 Å². The third kappa shape index (κ3) is 5.27. The van der Waals surface area contributed by atoms with Gasteiger partial charge in [-0.2, -0.15) is 0 Å². The SMILES string of the molecule is CC(C)CC(C)C(C)(C)OCCO. The Kier molecular flexibility index (Phi) is 5.57. The predicted octanol–water partition coefficient (Wildman–Crippen LogP) is 2.46. The fraction of sp³-hybridized carbons (Fsp3) is 1.00. The molecule has 2 nitrogen and oxygen atoms in total. The van der Waals surface area contributed by atoms with Crippen molar-refractivity contribution in [3.63, 3.8) is 0 Å². The van der Waals surface area contributed by atoms with Crippen LogP contribution in [0.3, 0.4) is 0 Å². The lowest BCUT2D eigenvalue weighted by molar-refractivity contribution is -0.0710. The maximum atomic E-state index is 8.67. The molecule has 0 saturated carbocycles. The fourth-order valence-electron chi connectivity index (χ4n) is 1.44. The first-order valence-electron chi connectivity index (χ1n) is 5.15. The molecule has 0 rings (SSSR count). The van der Waals surface area contributed by atoms with Crippen molar-refractivity contribution in [3.05, 3.63) is 0 Å². The molecule has 1 N–H and O–H groups in total. The van der Waals surface area contributed by atoms with Gasteiger partial charge < -0.3 is 9.84 Å². The van der Waals surface area contributed by atoms with Crippen LogP contribution >= 0.6 is 0 Å². The van der Waals surface area contributed by atoms with Gasteiger partial charge in [-0.25, -0.2) is 0 Å². The molecule has 0 heterocycles. The Balaban J connectivity index is 3.94. The van der Waals surface area contributed by atoms with Crippen molar-refractivity contribution in [2.24, 2.45) is 11.8 Å². The Hall–Kier alpha value is -0.0800. The molecule has 0 spiro atoms. The lowest BCUT2D eigenvalue weighted by Gasteiger charge is -2.33. The van der Waals surface area contributed by atoms with Crippen molar-refractivity contribution in [2.45, 2.75) is 46.6 Å². The van der Waals surface area contributed by atoms with Crippen LogP contribution in [-0.4, -0.2) is 23.9 Å². The van der Waals surface area contributed by atoms with Gasteiger partial charge in [0, 0.05) is 0 Å². The van der Waals surface area contributed by atoms with Crippen LogP contribution in [0.4, 0.5) is 0 Å². The average Bonchev–Trinajstić information content (AvgIpc) is 1.99. The molecule has 13 heavy (non-hydrogen) atoms. The van der Waals surface area contributed by atoms with E-state index in [-0.39, 0.29) is 12.2 Å². The van der Waals surface area contributed by atoms with E-state index in [1.165, 1.54) is 6.42 Å². The van der Waals surface area contributed by atoms with E-state index in [0.717, 1.165) is 0 Å². The third-order valence-electron chi connectivity index (χ3n) is 2.58. The van der Waals surface area contributed by atoms with Crippen LogP contribution in [-0.2, 0) is 4.74 Å². The summed E-state index contributed by atoms with van der Waals surface area (Å²) < 4.78 is 5.59. The van der Waals surface area contributed by atoms with Crippen molar-refractivity contribution < 1.29 is 9.84 Å². The Bertz CT molecular complexity index is 130. The van der Waals surface area contributed by atoms with Crippen molar-refractivity contribution in [1.29, 1.82) is 0 Å². The van der Waals surface area contributed by atoms with Gasteiger partial charge in [0.25, 0.3) is 0 Å². The monoisotopic (exact) mass is 188 g/mol. The minimum Gasteiger partial charge on any atom is -0.394 e. The molecule has 0 aliphatic heterocycles. The maximum absolute atomic E-state index is 8.67. The zero-order chi connectivity index (χ0) is 10.5. The molecule has 0 aromatic carbocycles. The lowest BCUT2D eigenvalue weighted by atomic mass is 9.85. The van der Waals surface area contributed by atoms with E-state index >= 15 is 0 Å². The van der Waals surface area contributed by atoms with E-state index in [4.69, 9.17) is 9.84 Å². The Morgan fingerprint density at radius 2 is 1.77 bits per heavy atom. The molecule has 80 valence electrons. The van der Waals surface area contributed by atoms with Gasteiger partial charge >= 0.3 is 0 Å². The van der Waals surface area contributed by atoms with Gasteiger partial charge in [-0.05, 0) is 32.1 Å². The second-order valence-electron chi connectivity index (χ2n) is 4.71. The Labute approximate surface area is 82.3 Å². The molecule has 0 amide bonds. The summed E-state index contributed by atoms with van der Waals surface area (Å²) in [6, 6.07) is 0. The molecule has 0 bridgehead atoms. The summed E-state index contributed by atoms with van der Waals surface area (Å²) >= 11 is 0. The topological polar surface area (TPSA) is 29.5 Å². The van der Waals surface area contributed by atoms with E-state index in [1.807, 2.05) is 0 Å². The predicted molar refractivity (Wildman–Crippen MR) is 55.7 cm³/mol. The summed E-state index contributed by atoms with van der Waals surface area (Å²) in [5, 5.41) is 8.67. The van der Waals surface area contributed by atoms with Crippen LogP contribution in [0, 0.1) is 11.8 Å². The zero-order valence-electron chi connectivity index (χ0n) is 9.63. The molecule has 1 atom stereocenters. The summed E-state index contributed by atoms with van der Waals surface area (Å²) in [5.41, 5.74) is -0.118. The summed E-state index contributed by atoms with van der Waals surface area (Å²) in [7, 11) is 0. The third-order valence-corrected chi connectivity index (χ3v) is 2.58. The molecular formula is C11H24O2. The van der Waals surface area contributed by atoms with Crippen molar-refractivity contribution in [1.82, 2.24) is 0 Å². The standard InChI is InChI=1S/C11H24O2/c1-9(2)8-10(3)11(4,5)13-7-6-12/h9-10,12H,6-8H2,1-5H3. The zero-order valence-corrected chi connectivity index (χ0v) is 9.63.